The molecule has 2 aromatic rings. The predicted molar refractivity (Wildman–Crippen MR) is 132 cm³/mol. The molecule has 0 saturated heterocycles. The number of carbonyl (C=O) groups is 1. The molecule has 9 nitrogen and oxygen atoms in total. The van der Waals surface area contributed by atoms with Gasteiger partial charge in [-0.1, -0.05) is 0 Å². The van der Waals surface area contributed by atoms with Crippen LogP contribution >= 0.6 is 0 Å². The molecule has 4 rings (SSSR count). The van der Waals surface area contributed by atoms with E-state index in [1.807, 2.05) is 12.1 Å². The molecule has 188 valence electrons. The van der Waals surface area contributed by atoms with E-state index in [2.05, 4.69) is 5.29 Å². The van der Waals surface area contributed by atoms with Gasteiger partial charge in [-0.3, -0.25) is 9.80 Å². The highest BCUT2D eigenvalue weighted by atomic mass is 16.5. The third-order valence-corrected chi connectivity index (χ3v) is 6.77. The third kappa shape index (κ3) is 5.13. The van der Waals surface area contributed by atoms with Crippen molar-refractivity contribution in [2.24, 2.45) is 5.29 Å². The van der Waals surface area contributed by atoms with Crippen LogP contribution in [-0.4, -0.2) is 70.3 Å². The number of hydrogen-bond acceptors (Lipinski definition) is 7. The van der Waals surface area contributed by atoms with Crippen molar-refractivity contribution in [3.63, 3.8) is 0 Å². The summed E-state index contributed by atoms with van der Waals surface area (Å²) in [5, 5.41) is 4.66. The average Bonchev–Trinajstić information content (AvgIpc) is 3.02. The maximum Gasteiger partial charge on any atom is 0.227 e. The lowest BCUT2D eigenvalue weighted by Gasteiger charge is -2.33. The molecule has 0 unspecified atom stereocenters. The number of amides is 1. The minimum atomic E-state index is -2.83. The lowest BCUT2D eigenvalue weighted by molar-refractivity contribution is -0.130. The van der Waals surface area contributed by atoms with Gasteiger partial charge in [-0.15, -0.1) is 4.91 Å². The van der Waals surface area contributed by atoms with Crippen molar-refractivity contribution in [2.75, 3.05) is 54.5 Å². The van der Waals surface area contributed by atoms with E-state index in [0.717, 1.165) is 17.5 Å². The molecule has 1 heterocycles. The molecule has 0 saturated carbocycles. The van der Waals surface area contributed by atoms with Crippen molar-refractivity contribution >= 4 is 5.91 Å². The first-order valence-electron chi connectivity index (χ1n) is 14.4. The number of rotatable bonds is 11. The van der Waals surface area contributed by atoms with Gasteiger partial charge in [-0.05, 0) is 65.8 Å². The number of benzene rings is 2. The van der Waals surface area contributed by atoms with Gasteiger partial charge in [0, 0.05) is 32.1 Å². The highest BCUT2D eigenvalue weighted by Gasteiger charge is 2.30. The van der Waals surface area contributed by atoms with Crippen LogP contribution in [0.5, 0.6) is 23.0 Å². The lowest BCUT2D eigenvalue weighted by atomic mass is 9.77. The van der Waals surface area contributed by atoms with Crippen molar-refractivity contribution in [3.8, 4) is 23.0 Å². The molecule has 0 fully saturated rings. The zero-order valence-corrected chi connectivity index (χ0v) is 19.8. The first-order valence-corrected chi connectivity index (χ1v) is 11.4. The summed E-state index contributed by atoms with van der Waals surface area (Å²) in [6.07, 6.45) is 1.71. The van der Waals surface area contributed by atoms with Crippen LogP contribution in [0.1, 0.15) is 42.8 Å². The summed E-state index contributed by atoms with van der Waals surface area (Å²) < 4.78 is 65.2. The summed E-state index contributed by atoms with van der Waals surface area (Å²) in [6.45, 7) is 1.57. The van der Waals surface area contributed by atoms with E-state index >= 15 is 0 Å². The molecule has 2 aliphatic rings. The molecule has 1 aliphatic carbocycles. The van der Waals surface area contributed by atoms with Gasteiger partial charge in [0.25, 0.3) is 0 Å². The number of methoxy groups -OCH3 is 4. The van der Waals surface area contributed by atoms with Crippen LogP contribution in [0.2, 0.25) is 0 Å². The molecule has 35 heavy (non-hydrogen) atoms. The van der Waals surface area contributed by atoms with E-state index < -0.39 is 14.1 Å². The molecule has 0 spiro atoms. The minimum Gasteiger partial charge on any atom is -0.493 e. The van der Waals surface area contributed by atoms with Crippen molar-refractivity contribution in [3.05, 3.63) is 51.4 Å². The van der Waals surface area contributed by atoms with Crippen LogP contribution in [0.15, 0.2) is 29.6 Å². The monoisotopic (exact) mass is 489 g/mol. The smallest absolute Gasteiger partial charge is 0.227 e. The van der Waals surface area contributed by atoms with Gasteiger partial charge in [0.2, 0.25) is 5.91 Å². The quantitative estimate of drug-likeness (QED) is 0.353. The van der Waals surface area contributed by atoms with Gasteiger partial charge < -0.3 is 23.8 Å². The first-order chi connectivity index (χ1) is 19.3. The second kappa shape index (κ2) is 10.8. The van der Waals surface area contributed by atoms with Crippen molar-refractivity contribution in [1.29, 1.82) is 0 Å². The van der Waals surface area contributed by atoms with E-state index in [1.54, 1.807) is 19.1 Å². The van der Waals surface area contributed by atoms with Gasteiger partial charge in [0.15, 0.2) is 23.0 Å². The summed E-state index contributed by atoms with van der Waals surface area (Å²) in [4.78, 5) is 26.3. The van der Waals surface area contributed by atoms with E-state index in [1.165, 1.54) is 17.1 Å². The number of ether oxygens (including phenoxy) is 4. The number of fused-ring (bicyclic) bond motifs is 2. The molecular formula is C26H33N3O6. The fourth-order valence-electron chi connectivity index (χ4n) is 4.86. The average molecular weight is 490 g/mol. The topological polar surface area (TPSA) is 89.9 Å². The molecule has 1 amide bonds. The fourth-order valence-corrected chi connectivity index (χ4v) is 4.86. The largest absolute Gasteiger partial charge is 0.493 e. The van der Waals surface area contributed by atoms with Crippen LogP contribution in [-0.2, 0) is 24.1 Å². The lowest BCUT2D eigenvalue weighted by Crippen LogP contribution is -2.36. The van der Waals surface area contributed by atoms with Crippen LogP contribution in [0.25, 0.3) is 0 Å². The van der Waals surface area contributed by atoms with E-state index in [4.69, 9.17) is 27.2 Å². The highest BCUT2D eigenvalue weighted by Crippen LogP contribution is 2.42. The first kappa shape index (κ1) is 17.9. The predicted octanol–water partition coefficient (Wildman–Crippen LogP) is 3.36. The van der Waals surface area contributed by atoms with Gasteiger partial charge in [0.1, 0.15) is 0 Å². The third-order valence-electron chi connectivity index (χ3n) is 6.77. The molecule has 0 bridgehead atoms. The maximum atomic E-state index is 13.0. The molecule has 0 N–H and O–H groups in total. The molecule has 1 aliphatic heterocycles. The Balaban J connectivity index is 1.36. The second-order valence-corrected chi connectivity index (χ2v) is 8.73. The number of nitroso groups, excluding NO2 is 1. The Morgan fingerprint density at radius 3 is 2.34 bits per heavy atom. The zero-order chi connectivity index (χ0) is 29.9. The summed E-state index contributed by atoms with van der Waals surface area (Å²) >= 11 is 0. The summed E-state index contributed by atoms with van der Waals surface area (Å²) in [5.41, 5.74) is 3.46. The molecule has 1 atom stereocenters. The molecular weight excluding hydrogens is 450 g/mol. The minimum absolute atomic E-state index is 0.0134. The van der Waals surface area contributed by atoms with Crippen molar-refractivity contribution < 1.29 is 32.0 Å². The van der Waals surface area contributed by atoms with E-state index in [-0.39, 0.29) is 29.7 Å². The van der Waals surface area contributed by atoms with Gasteiger partial charge in [-0.2, -0.15) is 0 Å². The summed E-state index contributed by atoms with van der Waals surface area (Å²) in [5.74, 6) is 0.782. The van der Waals surface area contributed by atoms with Crippen LogP contribution in [0.3, 0.4) is 0 Å². The maximum absolute atomic E-state index is 13.0. The molecule has 0 aromatic heterocycles. The Bertz CT molecular complexity index is 1290. The Hall–Kier alpha value is -3.49. The molecule has 0 radical (unpaired) electrons. The van der Waals surface area contributed by atoms with E-state index in [0.29, 0.717) is 61.6 Å². The second-order valence-electron chi connectivity index (χ2n) is 8.73. The number of hydrogen-bond donors (Lipinski definition) is 0. The Kier molecular flexibility index (Phi) is 5.54. The Morgan fingerprint density at radius 2 is 1.66 bits per heavy atom. The SMILES string of the molecule is [2H]C([2H])([2H])Oc1cc2c(cc1OC([2H])([2H])[2H])CC(=O)N(CCCN(C[C@H]1Cc3cc(OC)c(OC)cc31)N=O)CC2. The summed E-state index contributed by atoms with van der Waals surface area (Å²) in [7, 11) is -2.48. The highest BCUT2D eigenvalue weighted by molar-refractivity contribution is 5.80. The van der Waals surface area contributed by atoms with Crippen LogP contribution < -0.4 is 18.9 Å². The van der Waals surface area contributed by atoms with Crippen molar-refractivity contribution in [2.45, 2.75) is 31.6 Å². The van der Waals surface area contributed by atoms with E-state index in [9.17, 15) is 9.70 Å². The molecule has 2 aromatic carbocycles. The summed E-state index contributed by atoms with van der Waals surface area (Å²) in [6, 6.07) is 6.67. The zero-order valence-electron chi connectivity index (χ0n) is 25.8. The van der Waals surface area contributed by atoms with Gasteiger partial charge >= 0.3 is 0 Å². The fraction of sp³-hybridized carbons (Fsp3) is 0.500. The Morgan fingerprint density at radius 1 is 1.00 bits per heavy atom. The van der Waals surface area contributed by atoms with Crippen molar-refractivity contribution in [1.82, 2.24) is 9.91 Å². The molecule has 9 heteroatoms. The Labute approximate surface area is 214 Å². The van der Waals surface area contributed by atoms with Gasteiger partial charge in [-0.25, -0.2) is 0 Å². The van der Waals surface area contributed by atoms with Crippen LogP contribution in [0.4, 0.5) is 0 Å². The van der Waals surface area contributed by atoms with Gasteiger partial charge in [0.05, 0.1) is 48.2 Å². The standard InChI is InChI=1S/C26H33N3O6/c1-32-22-11-17-6-9-28(26(30)14-18(17)12-23(22)33-2)7-5-8-29(27-31)16-20-10-19-13-24(34-3)25(35-4)15-21(19)20/h11-13,15,20H,5-10,14,16H2,1-4H3/t20-/m1/s1/i1D3,2D3. The number of carbonyl (C=O) groups excluding carboxylic acids is 1. The van der Waals surface area contributed by atoms with Crippen LogP contribution in [0, 0.1) is 4.91 Å². The normalized spacial score (nSPS) is 19.7. The number of nitrogens with zero attached hydrogens (tertiary/aromatic N) is 3.